The minimum absolute atomic E-state index is 0.380. The first kappa shape index (κ1) is 11.4. The highest BCUT2D eigenvalue weighted by molar-refractivity contribution is 5.20. The van der Waals surface area contributed by atoms with Gasteiger partial charge in [0.15, 0.2) is 0 Å². The maximum Gasteiger partial charge on any atom is 0.119 e. The fourth-order valence-electron chi connectivity index (χ4n) is 2.01. The van der Waals surface area contributed by atoms with Crippen molar-refractivity contribution in [2.45, 2.75) is 18.9 Å². The first-order chi connectivity index (χ1) is 7.84. The Hall–Kier alpha value is -1.06. The van der Waals surface area contributed by atoms with Gasteiger partial charge < -0.3 is 15.4 Å². The summed E-state index contributed by atoms with van der Waals surface area (Å²) in [7, 11) is 0. The molecule has 1 aromatic rings. The summed E-state index contributed by atoms with van der Waals surface area (Å²) in [5.74, 6) is 0.928. The average Bonchev–Trinajstić information content (AvgIpc) is 2.72. The molecule has 0 aromatic heterocycles. The molecule has 0 aliphatic carbocycles. The summed E-state index contributed by atoms with van der Waals surface area (Å²) in [4.78, 5) is 2.41. The molecule has 1 radical (unpaired) electrons. The van der Waals surface area contributed by atoms with Gasteiger partial charge >= 0.3 is 0 Å². The van der Waals surface area contributed by atoms with Crippen LogP contribution in [0.3, 0.4) is 0 Å². The SMILES string of the molecule is NC1CCN(CCCOc2cc[c]cc2)C1. The number of hydrogen-bond donors (Lipinski definition) is 1. The predicted molar refractivity (Wildman–Crippen MR) is 64.4 cm³/mol. The van der Waals surface area contributed by atoms with Crippen LogP contribution in [-0.2, 0) is 0 Å². The molecule has 1 atom stereocenters. The van der Waals surface area contributed by atoms with Gasteiger partial charge in [0.05, 0.1) is 6.61 Å². The largest absolute Gasteiger partial charge is 0.494 e. The topological polar surface area (TPSA) is 38.5 Å². The molecule has 1 aliphatic rings. The van der Waals surface area contributed by atoms with Crippen molar-refractivity contribution in [3.8, 4) is 5.75 Å². The molecule has 1 aliphatic heterocycles. The zero-order valence-corrected chi connectivity index (χ0v) is 9.56. The minimum Gasteiger partial charge on any atom is -0.494 e. The van der Waals surface area contributed by atoms with Gasteiger partial charge in [-0.15, -0.1) is 0 Å². The minimum atomic E-state index is 0.380. The third-order valence-electron chi connectivity index (χ3n) is 2.88. The van der Waals surface area contributed by atoms with E-state index in [1.807, 2.05) is 24.3 Å². The van der Waals surface area contributed by atoms with Crippen molar-refractivity contribution in [3.63, 3.8) is 0 Å². The second-order valence-corrected chi connectivity index (χ2v) is 4.29. The molecule has 2 N–H and O–H groups in total. The zero-order chi connectivity index (χ0) is 11.2. The van der Waals surface area contributed by atoms with E-state index in [9.17, 15) is 0 Å². The quantitative estimate of drug-likeness (QED) is 0.758. The number of rotatable bonds is 5. The number of nitrogens with zero attached hydrogens (tertiary/aromatic N) is 1. The fourth-order valence-corrected chi connectivity index (χ4v) is 2.01. The number of likely N-dealkylation sites (tertiary alicyclic amines) is 1. The summed E-state index contributed by atoms with van der Waals surface area (Å²) in [5, 5.41) is 0. The third kappa shape index (κ3) is 3.51. The van der Waals surface area contributed by atoms with Crippen molar-refractivity contribution in [3.05, 3.63) is 30.3 Å². The maximum atomic E-state index is 5.84. The molecule has 87 valence electrons. The first-order valence-corrected chi connectivity index (χ1v) is 5.91. The molecule has 0 saturated carbocycles. The van der Waals surface area contributed by atoms with Crippen LogP contribution in [0.15, 0.2) is 24.3 Å². The smallest absolute Gasteiger partial charge is 0.119 e. The normalized spacial score (nSPS) is 21.2. The van der Waals surface area contributed by atoms with E-state index >= 15 is 0 Å². The van der Waals surface area contributed by atoms with Gasteiger partial charge in [0, 0.05) is 19.1 Å². The second-order valence-electron chi connectivity index (χ2n) is 4.29. The molecular weight excluding hydrogens is 200 g/mol. The Kier molecular flexibility index (Phi) is 4.19. The van der Waals surface area contributed by atoms with Crippen molar-refractivity contribution in [2.75, 3.05) is 26.2 Å². The first-order valence-electron chi connectivity index (χ1n) is 5.91. The molecular formula is C13H19N2O. The Morgan fingerprint density at radius 3 is 2.94 bits per heavy atom. The summed E-state index contributed by atoms with van der Waals surface area (Å²) in [6.07, 6.45) is 2.20. The van der Waals surface area contributed by atoms with Crippen LogP contribution < -0.4 is 10.5 Å². The lowest BCUT2D eigenvalue weighted by Gasteiger charge is -2.14. The summed E-state index contributed by atoms with van der Waals surface area (Å²) in [6.45, 7) is 4.05. The van der Waals surface area contributed by atoms with Gasteiger partial charge in [-0.2, -0.15) is 0 Å². The van der Waals surface area contributed by atoms with E-state index in [1.165, 1.54) is 0 Å². The Morgan fingerprint density at radius 2 is 2.25 bits per heavy atom. The molecule has 16 heavy (non-hydrogen) atoms. The lowest BCUT2D eigenvalue weighted by Crippen LogP contribution is -2.28. The van der Waals surface area contributed by atoms with Crippen LogP contribution in [0.2, 0.25) is 0 Å². The summed E-state index contributed by atoms with van der Waals surface area (Å²) in [5.41, 5.74) is 5.84. The van der Waals surface area contributed by atoms with Gasteiger partial charge in [-0.1, -0.05) is 12.1 Å². The zero-order valence-electron chi connectivity index (χ0n) is 9.56. The van der Waals surface area contributed by atoms with Gasteiger partial charge in [0.1, 0.15) is 5.75 Å². The van der Waals surface area contributed by atoms with Gasteiger partial charge in [-0.25, -0.2) is 0 Å². The van der Waals surface area contributed by atoms with Crippen molar-refractivity contribution in [1.29, 1.82) is 0 Å². The van der Waals surface area contributed by atoms with Crippen LogP contribution in [0.25, 0.3) is 0 Å². The van der Waals surface area contributed by atoms with Crippen LogP contribution in [0, 0.1) is 6.07 Å². The van der Waals surface area contributed by atoms with Crippen LogP contribution in [0.1, 0.15) is 12.8 Å². The monoisotopic (exact) mass is 219 g/mol. The highest BCUT2D eigenvalue weighted by Gasteiger charge is 2.17. The fraction of sp³-hybridized carbons (Fsp3) is 0.538. The average molecular weight is 219 g/mol. The van der Waals surface area contributed by atoms with Crippen LogP contribution in [0.4, 0.5) is 0 Å². The third-order valence-corrected chi connectivity index (χ3v) is 2.88. The van der Waals surface area contributed by atoms with E-state index in [0.29, 0.717) is 6.04 Å². The molecule has 0 amide bonds. The molecule has 3 heteroatoms. The highest BCUT2D eigenvalue weighted by atomic mass is 16.5. The molecule has 2 rings (SSSR count). The molecule has 1 heterocycles. The van der Waals surface area contributed by atoms with Crippen molar-refractivity contribution in [2.24, 2.45) is 5.73 Å². The van der Waals surface area contributed by atoms with Crippen molar-refractivity contribution in [1.82, 2.24) is 4.90 Å². The number of ether oxygens (including phenoxy) is 1. The number of nitrogens with two attached hydrogens (primary N) is 1. The number of hydrogen-bond acceptors (Lipinski definition) is 3. The molecule has 3 nitrogen and oxygen atoms in total. The molecule has 1 aromatic carbocycles. The van der Waals surface area contributed by atoms with Crippen molar-refractivity contribution >= 4 is 0 Å². The Balaban J connectivity index is 1.59. The van der Waals surface area contributed by atoms with Gasteiger partial charge in [0.2, 0.25) is 0 Å². The summed E-state index contributed by atoms with van der Waals surface area (Å²) in [6, 6.07) is 11.0. The Labute approximate surface area is 97.2 Å². The van der Waals surface area contributed by atoms with E-state index in [-0.39, 0.29) is 0 Å². The number of benzene rings is 1. The van der Waals surface area contributed by atoms with Gasteiger partial charge in [-0.05, 0) is 37.6 Å². The van der Waals surface area contributed by atoms with Gasteiger partial charge in [0.25, 0.3) is 0 Å². The van der Waals surface area contributed by atoms with E-state index in [4.69, 9.17) is 10.5 Å². The van der Waals surface area contributed by atoms with E-state index < -0.39 is 0 Å². The van der Waals surface area contributed by atoms with Crippen LogP contribution >= 0.6 is 0 Å². The standard InChI is InChI=1S/C13H19N2O/c14-12-7-9-15(11-12)8-4-10-16-13-5-2-1-3-6-13/h2-3,5-6,12H,4,7-11,14H2. The second kappa shape index (κ2) is 5.87. The lowest BCUT2D eigenvalue weighted by atomic mass is 10.3. The molecule has 1 saturated heterocycles. The molecule has 0 bridgehead atoms. The maximum absolute atomic E-state index is 5.84. The van der Waals surface area contributed by atoms with Crippen LogP contribution in [-0.4, -0.2) is 37.2 Å². The van der Waals surface area contributed by atoms with Crippen LogP contribution in [0.5, 0.6) is 5.75 Å². The molecule has 1 fully saturated rings. The van der Waals surface area contributed by atoms with E-state index in [1.54, 1.807) is 0 Å². The van der Waals surface area contributed by atoms with E-state index in [2.05, 4.69) is 11.0 Å². The predicted octanol–water partition coefficient (Wildman–Crippen LogP) is 1.29. The lowest BCUT2D eigenvalue weighted by molar-refractivity contribution is 0.262. The highest BCUT2D eigenvalue weighted by Crippen LogP contribution is 2.10. The van der Waals surface area contributed by atoms with Gasteiger partial charge in [-0.3, -0.25) is 0 Å². The summed E-state index contributed by atoms with van der Waals surface area (Å²) < 4.78 is 5.61. The Morgan fingerprint density at radius 1 is 1.44 bits per heavy atom. The summed E-state index contributed by atoms with van der Waals surface area (Å²) >= 11 is 0. The molecule has 0 spiro atoms. The Bertz CT molecular complexity index is 302. The van der Waals surface area contributed by atoms with Crippen molar-refractivity contribution < 1.29 is 4.74 Å². The van der Waals surface area contributed by atoms with E-state index in [0.717, 1.165) is 44.8 Å². The molecule has 1 unspecified atom stereocenters.